The number of hydrogen-bond donors (Lipinski definition) is 1. The van der Waals surface area contributed by atoms with E-state index in [0.717, 1.165) is 24.3 Å². The van der Waals surface area contributed by atoms with Crippen LogP contribution >= 0.6 is 0 Å². The van der Waals surface area contributed by atoms with Gasteiger partial charge in [0.05, 0.1) is 6.10 Å². The van der Waals surface area contributed by atoms with Crippen LogP contribution < -0.4 is 0 Å². The highest BCUT2D eigenvalue weighted by atomic mass is 19.1. The highest BCUT2D eigenvalue weighted by molar-refractivity contribution is 5.32. The number of aryl methyl sites for hydroxylation is 2. The van der Waals surface area contributed by atoms with E-state index in [1.54, 1.807) is 13.8 Å². The number of benzene rings is 1. The molecule has 0 aliphatic heterocycles. The fraction of sp³-hybridized carbons (Fsp3) is 0.684. The lowest BCUT2D eigenvalue weighted by Crippen LogP contribution is -2.28. The zero-order valence-electron chi connectivity index (χ0n) is 14.0. The van der Waals surface area contributed by atoms with Gasteiger partial charge in [-0.05, 0) is 73.5 Å². The molecule has 1 N–H and O–H groups in total. The molecule has 1 aliphatic rings. The molecule has 1 aliphatic carbocycles. The first-order chi connectivity index (χ1) is 9.70. The predicted molar refractivity (Wildman–Crippen MR) is 85.7 cm³/mol. The Hall–Kier alpha value is -0.890. The van der Waals surface area contributed by atoms with E-state index in [1.807, 2.05) is 12.1 Å². The van der Waals surface area contributed by atoms with E-state index >= 15 is 0 Å². The third-order valence-electron chi connectivity index (χ3n) is 5.24. The van der Waals surface area contributed by atoms with Gasteiger partial charge in [-0.2, -0.15) is 0 Å². The second-order valence-electron chi connectivity index (χ2n) is 7.89. The van der Waals surface area contributed by atoms with Crippen molar-refractivity contribution < 1.29 is 9.50 Å². The van der Waals surface area contributed by atoms with E-state index < -0.39 is 6.10 Å². The maximum Gasteiger partial charge on any atom is 0.129 e. The Bertz CT molecular complexity index is 470. The lowest BCUT2D eigenvalue weighted by Gasteiger charge is -2.38. The van der Waals surface area contributed by atoms with Crippen molar-refractivity contribution in [3.8, 4) is 0 Å². The van der Waals surface area contributed by atoms with Crippen molar-refractivity contribution in [2.45, 2.75) is 66.4 Å². The number of aliphatic hydroxyl groups is 1. The molecule has 0 amide bonds. The third-order valence-corrected chi connectivity index (χ3v) is 5.24. The molecule has 1 aromatic carbocycles. The standard InChI is InChI=1S/C19H29FO/c1-12-10-15(11-13(2)17(12)20)18(21)14-6-8-16(9-7-14)19(3,4)5/h10-11,14,16,18,21H,6-9H2,1-5H3. The first kappa shape index (κ1) is 16.5. The first-order valence-corrected chi connectivity index (χ1v) is 8.15. The average molecular weight is 292 g/mol. The molecular formula is C19H29FO. The summed E-state index contributed by atoms with van der Waals surface area (Å²) in [4.78, 5) is 0. The summed E-state index contributed by atoms with van der Waals surface area (Å²) in [6, 6.07) is 3.62. The SMILES string of the molecule is Cc1cc(C(O)C2CCC(C(C)(C)C)CC2)cc(C)c1F. The fourth-order valence-electron chi connectivity index (χ4n) is 3.72. The van der Waals surface area contributed by atoms with E-state index in [-0.39, 0.29) is 5.82 Å². The molecule has 0 bridgehead atoms. The highest BCUT2D eigenvalue weighted by Gasteiger charge is 2.32. The number of hydrogen-bond acceptors (Lipinski definition) is 1. The van der Waals surface area contributed by atoms with E-state index in [2.05, 4.69) is 20.8 Å². The van der Waals surface area contributed by atoms with Crippen LogP contribution in [0, 0.1) is 36.9 Å². The van der Waals surface area contributed by atoms with Gasteiger partial charge in [-0.3, -0.25) is 0 Å². The summed E-state index contributed by atoms with van der Waals surface area (Å²) in [5.41, 5.74) is 2.50. The summed E-state index contributed by atoms with van der Waals surface area (Å²) in [5, 5.41) is 10.7. The molecule has 0 saturated heterocycles. The summed E-state index contributed by atoms with van der Waals surface area (Å²) in [5.74, 6) is 0.910. The normalized spacial score (nSPS) is 24.9. The fourth-order valence-corrected chi connectivity index (χ4v) is 3.72. The predicted octanol–water partition coefficient (Wildman–Crippen LogP) is 5.33. The first-order valence-electron chi connectivity index (χ1n) is 8.15. The van der Waals surface area contributed by atoms with Crippen molar-refractivity contribution in [1.82, 2.24) is 0 Å². The van der Waals surface area contributed by atoms with Crippen LogP contribution in [0.1, 0.15) is 69.2 Å². The Morgan fingerprint density at radius 2 is 1.52 bits per heavy atom. The van der Waals surface area contributed by atoms with Gasteiger partial charge in [-0.1, -0.05) is 32.9 Å². The minimum absolute atomic E-state index is 0.151. The van der Waals surface area contributed by atoms with Crippen LogP contribution in [0.5, 0.6) is 0 Å². The molecule has 1 unspecified atom stereocenters. The highest BCUT2D eigenvalue weighted by Crippen LogP contribution is 2.43. The van der Waals surface area contributed by atoms with Crippen molar-refractivity contribution in [3.05, 3.63) is 34.6 Å². The summed E-state index contributed by atoms with van der Waals surface area (Å²) < 4.78 is 13.7. The summed E-state index contributed by atoms with van der Waals surface area (Å²) in [6.45, 7) is 10.5. The molecule has 1 saturated carbocycles. The molecule has 1 aromatic rings. The number of rotatable bonds is 2. The summed E-state index contributed by atoms with van der Waals surface area (Å²) >= 11 is 0. The topological polar surface area (TPSA) is 20.2 Å². The van der Waals surface area contributed by atoms with Crippen LogP contribution in [-0.4, -0.2) is 5.11 Å². The second-order valence-corrected chi connectivity index (χ2v) is 7.89. The molecule has 0 radical (unpaired) electrons. The molecule has 1 atom stereocenters. The Morgan fingerprint density at radius 1 is 1.05 bits per heavy atom. The van der Waals surface area contributed by atoms with Crippen molar-refractivity contribution in [2.24, 2.45) is 17.3 Å². The molecule has 21 heavy (non-hydrogen) atoms. The molecule has 0 aromatic heterocycles. The second kappa shape index (κ2) is 6.08. The smallest absolute Gasteiger partial charge is 0.129 e. The van der Waals surface area contributed by atoms with Crippen molar-refractivity contribution in [2.75, 3.05) is 0 Å². The molecule has 118 valence electrons. The maximum atomic E-state index is 13.7. The largest absolute Gasteiger partial charge is 0.388 e. The number of halogens is 1. The van der Waals surface area contributed by atoms with Crippen molar-refractivity contribution in [3.63, 3.8) is 0 Å². The Morgan fingerprint density at radius 3 is 1.95 bits per heavy atom. The van der Waals surface area contributed by atoms with E-state index in [0.29, 0.717) is 22.5 Å². The Labute approximate surface area is 128 Å². The molecule has 2 heteroatoms. The van der Waals surface area contributed by atoms with Gasteiger partial charge in [0.15, 0.2) is 0 Å². The maximum absolute atomic E-state index is 13.7. The van der Waals surface area contributed by atoms with Crippen LogP contribution in [0.25, 0.3) is 0 Å². The molecule has 1 fully saturated rings. The Kier molecular flexibility index (Phi) is 4.77. The molecular weight excluding hydrogens is 263 g/mol. The Balaban J connectivity index is 2.07. The molecule has 0 spiro atoms. The van der Waals surface area contributed by atoms with E-state index in [1.165, 1.54) is 12.8 Å². The van der Waals surface area contributed by atoms with Gasteiger partial charge < -0.3 is 5.11 Å². The summed E-state index contributed by atoms with van der Waals surface area (Å²) in [6.07, 6.45) is 4.05. The monoisotopic (exact) mass is 292 g/mol. The van der Waals surface area contributed by atoms with Crippen LogP contribution in [0.4, 0.5) is 4.39 Å². The van der Waals surface area contributed by atoms with Gasteiger partial charge in [0, 0.05) is 0 Å². The minimum atomic E-state index is -0.455. The average Bonchev–Trinajstić information content (AvgIpc) is 2.42. The van der Waals surface area contributed by atoms with Crippen LogP contribution in [0.3, 0.4) is 0 Å². The van der Waals surface area contributed by atoms with Crippen molar-refractivity contribution in [1.29, 1.82) is 0 Å². The van der Waals surface area contributed by atoms with E-state index in [4.69, 9.17) is 0 Å². The van der Waals surface area contributed by atoms with Gasteiger partial charge in [0.1, 0.15) is 5.82 Å². The zero-order chi connectivity index (χ0) is 15.8. The number of aliphatic hydroxyl groups excluding tert-OH is 1. The molecule has 2 rings (SSSR count). The van der Waals surface area contributed by atoms with Crippen LogP contribution in [0.15, 0.2) is 12.1 Å². The minimum Gasteiger partial charge on any atom is -0.388 e. The van der Waals surface area contributed by atoms with Gasteiger partial charge in [-0.15, -0.1) is 0 Å². The van der Waals surface area contributed by atoms with Crippen LogP contribution in [0.2, 0.25) is 0 Å². The van der Waals surface area contributed by atoms with Crippen LogP contribution in [-0.2, 0) is 0 Å². The zero-order valence-corrected chi connectivity index (χ0v) is 14.0. The molecule has 1 nitrogen and oxygen atoms in total. The van der Waals surface area contributed by atoms with Gasteiger partial charge in [-0.25, -0.2) is 4.39 Å². The summed E-state index contributed by atoms with van der Waals surface area (Å²) in [7, 11) is 0. The van der Waals surface area contributed by atoms with Crippen molar-refractivity contribution >= 4 is 0 Å². The third kappa shape index (κ3) is 3.66. The lowest BCUT2D eigenvalue weighted by molar-refractivity contribution is 0.0527. The van der Waals surface area contributed by atoms with Gasteiger partial charge in [0.2, 0.25) is 0 Å². The molecule has 0 heterocycles. The lowest BCUT2D eigenvalue weighted by atomic mass is 9.68. The van der Waals surface area contributed by atoms with Gasteiger partial charge >= 0.3 is 0 Å². The van der Waals surface area contributed by atoms with E-state index in [9.17, 15) is 9.50 Å². The van der Waals surface area contributed by atoms with Gasteiger partial charge in [0.25, 0.3) is 0 Å². The quantitative estimate of drug-likeness (QED) is 0.781.